The van der Waals surface area contributed by atoms with Gasteiger partial charge in [-0.2, -0.15) is 4.31 Å². The zero-order valence-corrected chi connectivity index (χ0v) is 13.1. The smallest absolute Gasteiger partial charge is 0.243 e. The molecule has 0 aliphatic rings. The predicted octanol–water partition coefficient (Wildman–Crippen LogP) is 1.32. The Morgan fingerprint density at radius 3 is 2.50 bits per heavy atom. The average Bonchev–Trinajstić information content (AvgIpc) is 2.39. The molecule has 0 aliphatic carbocycles. The number of hydrogen-bond donors (Lipinski definition) is 1. The van der Waals surface area contributed by atoms with Crippen molar-refractivity contribution in [3.63, 3.8) is 0 Å². The molecule has 114 valence electrons. The van der Waals surface area contributed by atoms with Crippen LogP contribution < -0.4 is 10.5 Å². The minimum Gasteiger partial charge on any atom is -0.495 e. The van der Waals surface area contributed by atoms with Gasteiger partial charge in [-0.25, -0.2) is 8.42 Å². The Hall–Kier alpha value is -1.31. The third-order valence-corrected chi connectivity index (χ3v) is 5.11. The second-order valence-electron chi connectivity index (χ2n) is 4.42. The highest BCUT2D eigenvalue weighted by Gasteiger charge is 2.28. The fraction of sp³-hybridized carbons (Fsp3) is 0.538. The monoisotopic (exact) mass is 302 g/mol. The second-order valence-corrected chi connectivity index (χ2v) is 6.31. The van der Waals surface area contributed by atoms with E-state index in [1.165, 1.54) is 29.6 Å². The molecule has 7 heteroatoms. The molecule has 1 aromatic rings. The number of nitrogens with two attached hydrogens (primary N) is 1. The number of anilines is 1. The quantitative estimate of drug-likeness (QED) is 0.768. The van der Waals surface area contributed by atoms with Crippen molar-refractivity contribution in [2.75, 3.05) is 33.1 Å². The lowest BCUT2D eigenvalue weighted by atomic mass is 10.3. The summed E-state index contributed by atoms with van der Waals surface area (Å²) in [6.07, 6.45) is 0. The number of hydrogen-bond acceptors (Lipinski definition) is 5. The zero-order chi connectivity index (χ0) is 15.3. The van der Waals surface area contributed by atoms with E-state index in [1.807, 2.05) is 0 Å². The van der Waals surface area contributed by atoms with Crippen LogP contribution in [0.4, 0.5) is 5.69 Å². The van der Waals surface area contributed by atoms with Crippen molar-refractivity contribution < 1.29 is 17.9 Å². The molecule has 1 unspecified atom stereocenters. The number of nitrogens with zero attached hydrogens (tertiary/aromatic N) is 1. The lowest BCUT2D eigenvalue weighted by Crippen LogP contribution is -2.40. The molecular formula is C13H22N2O4S. The van der Waals surface area contributed by atoms with E-state index >= 15 is 0 Å². The molecule has 1 aromatic carbocycles. The van der Waals surface area contributed by atoms with Crippen LogP contribution in [-0.4, -0.2) is 46.1 Å². The highest BCUT2D eigenvalue weighted by atomic mass is 32.2. The van der Waals surface area contributed by atoms with E-state index in [-0.39, 0.29) is 10.9 Å². The summed E-state index contributed by atoms with van der Waals surface area (Å²) in [5.41, 5.74) is 6.11. The Morgan fingerprint density at radius 2 is 2.00 bits per heavy atom. The summed E-state index contributed by atoms with van der Waals surface area (Å²) in [4.78, 5) is 0.161. The number of likely N-dealkylation sites (N-methyl/N-ethyl adjacent to an activating group) is 1. The summed E-state index contributed by atoms with van der Waals surface area (Å²) in [6, 6.07) is 4.20. The Bertz CT molecular complexity index is 545. The lowest BCUT2D eigenvalue weighted by Gasteiger charge is -2.26. The third-order valence-electron chi connectivity index (χ3n) is 3.02. The van der Waals surface area contributed by atoms with Gasteiger partial charge in [-0.15, -0.1) is 0 Å². The molecule has 0 radical (unpaired) electrons. The summed E-state index contributed by atoms with van der Waals surface area (Å²) in [6.45, 7) is 4.29. The van der Waals surface area contributed by atoms with E-state index < -0.39 is 10.0 Å². The number of methoxy groups -OCH3 is 2. The van der Waals surface area contributed by atoms with Crippen molar-refractivity contribution in [3.05, 3.63) is 18.2 Å². The predicted molar refractivity (Wildman–Crippen MR) is 78.3 cm³/mol. The van der Waals surface area contributed by atoms with Crippen LogP contribution in [0, 0.1) is 0 Å². The van der Waals surface area contributed by atoms with Gasteiger partial charge in [0.1, 0.15) is 5.75 Å². The Balaban J connectivity index is 3.20. The maximum absolute atomic E-state index is 12.6. The summed E-state index contributed by atoms with van der Waals surface area (Å²) in [5, 5.41) is 0. The molecule has 0 saturated carbocycles. The normalized spacial score (nSPS) is 13.4. The van der Waals surface area contributed by atoms with Gasteiger partial charge in [0, 0.05) is 25.8 Å². The van der Waals surface area contributed by atoms with Gasteiger partial charge in [-0.3, -0.25) is 0 Å². The van der Waals surface area contributed by atoms with Crippen LogP contribution in [0.1, 0.15) is 13.8 Å². The van der Waals surface area contributed by atoms with Crippen LogP contribution in [0.2, 0.25) is 0 Å². The molecule has 0 bridgehead atoms. The van der Waals surface area contributed by atoms with E-state index in [1.54, 1.807) is 21.0 Å². The van der Waals surface area contributed by atoms with E-state index in [0.29, 0.717) is 24.6 Å². The molecule has 0 spiro atoms. The van der Waals surface area contributed by atoms with Crippen LogP contribution in [0.5, 0.6) is 5.75 Å². The van der Waals surface area contributed by atoms with E-state index in [2.05, 4.69) is 0 Å². The van der Waals surface area contributed by atoms with Gasteiger partial charge in [-0.1, -0.05) is 6.92 Å². The van der Waals surface area contributed by atoms with Crippen molar-refractivity contribution >= 4 is 15.7 Å². The van der Waals surface area contributed by atoms with Crippen LogP contribution in [0.3, 0.4) is 0 Å². The Kier molecular flexibility index (Phi) is 5.79. The number of sulfonamides is 1. The second kappa shape index (κ2) is 6.92. The first-order valence-electron chi connectivity index (χ1n) is 6.32. The van der Waals surface area contributed by atoms with Crippen LogP contribution >= 0.6 is 0 Å². The van der Waals surface area contributed by atoms with Crippen molar-refractivity contribution in [2.45, 2.75) is 24.8 Å². The third kappa shape index (κ3) is 3.41. The maximum atomic E-state index is 12.6. The molecule has 20 heavy (non-hydrogen) atoms. The molecule has 0 heterocycles. The fourth-order valence-electron chi connectivity index (χ4n) is 2.03. The highest BCUT2D eigenvalue weighted by molar-refractivity contribution is 7.89. The number of benzene rings is 1. The van der Waals surface area contributed by atoms with Crippen molar-refractivity contribution in [1.29, 1.82) is 0 Å². The first-order valence-corrected chi connectivity index (χ1v) is 7.76. The summed E-state index contributed by atoms with van der Waals surface area (Å²) in [5.74, 6) is 0.349. The molecule has 0 aromatic heterocycles. The SMILES string of the molecule is CCN(C(C)COC)S(=O)(=O)c1ccc(N)c(OC)c1. The highest BCUT2D eigenvalue weighted by Crippen LogP contribution is 2.27. The maximum Gasteiger partial charge on any atom is 0.243 e. The van der Waals surface area contributed by atoms with E-state index in [4.69, 9.17) is 15.2 Å². The van der Waals surface area contributed by atoms with E-state index in [0.717, 1.165) is 0 Å². The van der Waals surface area contributed by atoms with Gasteiger partial charge < -0.3 is 15.2 Å². The topological polar surface area (TPSA) is 81.9 Å². The van der Waals surface area contributed by atoms with Gasteiger partial charge in [-0.05, 0) is 19.1 Å². The first kappa shape index (κ1) is 16.7. The number of ether oxygens (including phenoxy) is 2. The molecule has 2 N–H and O–H groups in total. The van der Waals surface area contributed by atoms with Gasteiger partial charge in [0.25, 0.3) is 0 Å². The van der Waals surface area contributed by atoms with Gasteiger partial charge in [0.15, 0.2) is 0 Å². The number of rotatable bonds is 7. The molecule has 0 aliphatic heterocycles. The lowest BCUT2D eigenvalue weighted by molar-refractivity contribution is 0.142. The average molecular weight is 302 g/mol. The molecule has 1 rings (SSSR count). The molecule has 0 amide bonds. The van der Waals surface area contributed by atoms with Crippen molar-refractivity contribution in [1.82, 2.24) is 4.31 Å². The molecule has 1 atom stereocenters. The minimum absolute atomic E-state index is 0.161. The summed E-state index contributed by atoms with van der Waals surface area (Å²) >= 11 is 0. The molecule has 0 fully saturated rings. The van der Waals surface area contributed by atoms with Gasteiger partial charge >= 0.3 is 0 Å². The van der Waals surface area contributed by atoms with Crippen LogP contribution in [0.15, 0.2) is 23.1 Å². The Morgan fingerprint density at radius 1 is 1.35 bits per heavy atom. The van der Waals surface area contributed by atoms with Crippen molar-refractivity contribution in [3.8, 4) is 5.75 Å². The summed E-state index contributed by atoms with van der Waals surface area (Å²) < 4.78 is 36.8. The van der Waals surface area contributed by atoms with Crippen LogP contribution in [-0.2, 0) is 14.8 Å². The van der Waals surface area contributed by atoms with Crippen LogP contribution in [0.25, 0.3) is 0 Å². The minimum atomic E-state index is -3.60. The molecular weight excluding hydrogens is 280 g/mol. The number of nitrogen functional groups attached to an aromatic ring is 1. The van der Waals surface area contributed by atoms with Gasteiger partial charge in [0.05, 0.1) is 24.3 Å². The van der Waals surface area contributed by atoms with Crippen molar-refractivity contribution in [2.24, 2.45) is 0 Å². The Labute approximate surface area is 120 Å². The summed E-state index contributed by atoms with van der Waals surface area (Å²) in [7, 11) is -0.608. The first-order chi connectivity index (χ1) is 9.38. The van der Waals surface area contributed by atoms with E-state index in [9.17, 15) is 8.42 Å². The standard InChI is InChI=1S/C13H22N2O4S/c1-5-15(10(2)9-18-3)20(16,17)11-6-7-12(14)13(8-11)19-4/h6-8,10H,5,9,14H2,1-4H3. The largest absolute Gasteiger partial charge is 0.495 e. The molecule has 6 nitrogen and oxygen atoms in total. The fourth-order valence-corrected chi connectivity index (χ4v) is 3.67. The van der Waals surface area contributed by atoms with Gasteiger partial charge in [0.2, 0.25) is 10.0 Å². The molecule has 0 saturated heterocycles. The zero-order valence-electron chi connectivity index (χ0n) is 12.3.